The molecule has 0 aliphatic carbocycles. The van der Waals surface area contributed by atoms with Crippen LogP contribution in [-0.2, 0) is 0 Å². The highest BCUT2D eigenvalue weighted by atomic mass is 16.5. The Hall–Kier alpha value is -2.95. The van der Waals surface area contributed by atoms with E-state index in [4.69, 9.17) is 14.2 Å². The summed E-state index contributed by atoms with van der Waals surface area (Å²) >= 11 is 0. The number of hydrogen-bond donors (Lipinski definition) is 1. The van der Waals surface area contributed by atoms with Gasteiger partial charge in [-0.3, -0.25) is 4.79 Å². The second kappa shape index (κ2) is 6.51. The Morgan fingerprint density at radius 1 is 1.08 bits per heavy atom. The summed E-state index contributed by atoms with van der Waals surface area (Å²) < 4.78 is 16.1. The fraction of sp³-hybridized carbons (Fsp3) is 0.250. The van der Waals surface area contributed by atoms with Crippen LogP contribution in [0.15, 0.2) is 29.8 Å². The Bertz CT molecular complexity index is 855. The van der Waals surface area contributed by atoms with Crippen LogP contribution in [0.3, 0.4) is 0 Å². The summed E-state index contributed by atoms with van der Waals surface area (Å²) in [5.41, 5.74) is 3.78. The van der Waals surface area contributed by atoms with E-state index >= 15 is 0 Å². The van der Waals surface area contributed by atoms with Crippen molar-refractivity contribution >= 4 is 11.9 Å². The van der Waals surface area contributed by atoms with Gasteiger partial charge >= 0.3 is 0 Å². The van der Waals surface area contributed by atoms with Crippen molar-refractivity contribution in [1.82, 2.24) is 0 Å². The van der Waals surface area contributed by atoms with Crippen molar-refractivity contribution < 1.29 is 24.1 Å². The number of phenols is 1. The number of hydrogen-bond acceptors (Lipinski definition) is 5. The third-order valence-corrected chi connectivity index (χ3v) is 4.19. The lowest BCUT2D eigenvalue weighted by atomic mass is 9.93. The van der Waals surface area contributed by atoms with Crippen molar-refractivity contribution in [3.05, 3.63) is 52.1 Å². The number of aromatic hydroxyl groups is 1. The molecule has 0 bridgehead atoms. The number of ketones is 1. The Balaban J connectivity index is 2.04. The first-order valence-electron chi connectivity index (χ1n) is 7.89. The predicted octanol–water partition coefficient (Wildman–Crippen LogP) is 3.68. The number of carbonyl (C=O) groups excluding carboxylic acids is 1. The molecule has 2 aromatic rings. The monoisotopic (exact) mass is 340 g/mol. The molecule has 0 saturated carbocycles. The fourth-order valence-electron chi connectivity index (χ4n) is 3.02. The van der Waals surface area contributed by atoms with Gasteiger partial charge in [0.25, 0.3) is 0 Å². The number of fused-ring (bicyclic) bond motifs is 1. The van der Waals surface area contributed by atoms with Gasteiger partial charge in [0.05, 0.1) is 19.8 Å². The molecule has 0 unspecified atom stereocenters. The van der Waals surface area contributed by atoms with Crippen molar-refractivity contribution in [2.24, 2.45) is 0 Å². The number of ether oxygens (including phenoxy) is 3. The zero-order chi connectivity index (χ0) is 18.1. The second-order valence-corrected chi connectivity index (χ2v) is 6.02. The normalized spacial score (nSPS) is 14.9. The minimum Gasteiger partial charge on any atom is -0.502 e. The lowest BCUT2D eigenvalue weighted by Gasteiger charge is -2.21. The van der Waals surface area contributed by atoms with Crippen molar-refractivity contribution in [2.45, 2.75) is 13.8 Å². The van der Waals surface area contributed by atoms with Crippen LogP contribution in [0.2, 0.25) is 0 Å². The van der Waals surface area contributed by atoms with E-state index in [0.29, 0.717) is 22.4 Å². The predicted molar refractivity (Wildman–Crippen MR) is 94.9 cm³/mol. The van der Waals surface area contributed by atoms with Gasteiger partial charge < -0.3 is 19.3 Å². The third kappa shape index (κ3) is 3.05. The molecule has 0 fully saturated rings. The standard InChI is InChI=1S/C20H20O5/c1-11-5-12(2)18-15(6-11)25-10-14(19(18)21)7-13-8-16(23-3)20(22)17(9-13)24-4/h5-9,22H,10H2,1-4H3/b14-7+. The van der Waals surface area contributed by atoms with Gasteiger partial charge in [0.1, 0.15) is 12.4 Å². The number of benzene rings is 2. The molecule has 0 radical (unpaired) electrons. The topological polar surface area (TPSA) is 65.0 Å². The minimum absolute atomic E-state index is 0.0511. The molecule has 3 rings (SSSR count). The number of rotatable bonds is 3. The van der Waals surface area contributed by atoms with Crippen molar-refractivity contribution in [3.63, 3.8) is 0 Å². The molecular formula is C20H20O5. The van der Waals surface area contributed by atoms with Crippen LogP contribution in [0.4, 0.5) is 0 Å². The molecule has 130 valence electrons. The van der Waals surface area contributed by atoms with Crippen LogP contribution in [0.5, 0.6) is 23.0 Å². The third-order valence-electron chi connectivity index (χ3n) is 4.19. The molecule has 2 aromatic carbocycles. The average Bonchev–Trinajstić information content (AvgIpc) is 2.58. The van der Waals surface area contributed by atoms with E-state index < -0.39 is 0 Å². The van der Waals surface area contributed by atoms with Gasteiger partial charge in [0.2, 0.25) is 5.75 Å². The Kier molecular flexibility index (Phi) is 4.40. The molecule has 0 spiro atoms. The molecule has 1 N–H and O–H groups in total. The summed E-state index contributed by atoms with van der Waals surface area (Å²) in [4.78, 5) is 12.9. The Morgan fingerprint density at radius 3 is 2.32 bits per heavy atom. The van der Waals surface area contributed by atoms with Crippen molar-refractivity contribution in [2.75, 3.05) is 20.8 Å². The van der Waals surface area contributed by atoms with Crippen LogP contribution < -0.4 is 14.2 Å². The van der Waals surface area contributed by atoms with Crippen LogP contribution in [0.1, 0.15) is 27.0 Å². The molecule has 1 heterocycles. The zero-order valence-corrected chi connectivity index (χ0v) is 14.7. The van der Waals surface area contributed by atoms with Gasteiger partial charge in [-0.1, -0.05) is 6.07 Å². The van der Waals surface area contributed by atoms with Crippen LogP contribution >= 0.6 is 0 Å². The summed E-state index contributed by atoms with van der Waals surface area (Å²) in [6.07, 6.45) is 1.73. The van der Waals surface area contributed by atoms with Gasteiger partial charge in [-0.15, -0.1) is 0 Å². The van der Waals surface area contributed by atoms with E-state index in [-0.39, 0.29) is 29.6 Å². The molecule has 0 amide bonds. The van der Waals surface area contributed by atoms with E-state index in [9.17, 15) is 9.90 Å². The first-order chi connectivity index (χ1) is 11.9. The largest absolute Gasteiger partial charge is 0.502 e. The van der Waals surface area contributed by atoms with Crippen molar-refractivity contribution in [1.29, 1.82) is 0 Å². The maximum Gasteiger partial charge on any atom is 0.200 e. The zero-order valence-electron chi connectivity index (χ0n) is 14.7. The van der Waals surface area contributed by atoms with E-state index in [1.807, 2.05) is 26.0 Å². The second-order valence-electron chi connectivity index (χ2n) is 6.02. The maximum atomic E-state index is 12.9. The highest BCUT2D eigenvalue weighted by Gasteiger charge is 2.25. The molecule has 5 nitrogen and oxygen atoms in total. The molecule has 1 aliphatic heterocycles. The SMILES string of the molecule is COc1cc(/C=C2\COc3cc(C)cc(C)c3C2=O)cc(OC)c1O. The summed E-state index contributed by atoms with van der Waals surface area (Å²) in [7, 11) is 2.92. The molecule has 0 atom stereocenters. The van der Waals surface area contributed by atoms with E-state index in [1.165, 1.54) is 14.2 Å². The number of aryl methyl sites for hydroxylation is 2. The molecule has 5 heteroatoms. The lowest BCUT2D eigenvalue weighted by Crippen LogP contribution is -2.20. The summed E-state index contributed by atoms with van der Waals surface area (Å²) in [5, 5.41) is 10.0. The van der Waals surface area contributed by atoms with E-state index in [1.54, 1.807) is 18.2 Å². The van der Waals surface area contributed by atoms with Gasteiger partial charge in [-0.25, -0.2) is 0 Å². The van der Waals surface area contributed by atoms with Crippen LogP contribution in [0, 0.1) is 13.8 Å². The summed E-state index contributed by atoms with van der Waals surface area (Å²) in [6.45, 7) is 4.07. The first kappa shape index (κ1) is 16.9. The molecule has 0 saturated heterocycles. The molecule has 1 aliphatic rings. The summed E-state index contributed by atoms with van der Waals surface area (Å²) in [6, 6.07) is 7.14. The number of carbonyl (C=O) groups is 1. The lowest BCUT2D eigenvalue weighted by molar-refractivity contribution is 0.1000. The van der Waals surface area contributed by atoms with Crippen LogP contribution in [0.25, 0.3) is 6.08 Å². The van der Waals surface area contributed by atoms with Crippen molar-refractivity contribution in [3.8, 4) is 23.0 Å². The number of Topliss-reactive ketones (excluding diaryl/α,β-unsaturated/α-hetero) is 1. The average molecular weight is 340 g/mol. The Morgan fingerprint density at radius 2 is 1.72 bits per heavy atom. The van der Waals surface area contributed by atoms with E-state index in [0.717, 1.165) is 11.1 Å². The highest BCUT2D eigenvalue weighted by molar-refractivity contribution is 6.15. The quantitative estimate of drug-likeness (QED) is 0.864. The first-order valence-corrected chi connectivity index (χ1v) is 7.89. The van der Waals surface area contributed by atoms with E-state index in [2.05, 4.69) is 0 Å². The minimum atomic E-state index is -0.0740. The smallest absolute Gasteiger partial charge is 0.200 e. The van der Waals surface area contributed by atoms with Gasteiger partial charge in [-0.2, -0.15) is 0 Å². The molecule has 0 aromatic heterocycles. The van der Waals surface area contributed by atoms with Crippen LogP contribution in [-0.4, -0.2) is 31.7 Å². The number of methoxy groups -OCH3 is 2. The van der Waals surface area contributed by atoms with Gasteiger partial charge in [0, 0.05) is 5.57 Å². The summed E-state index contributed by atoms with van der Waals surface area (Å²) in [5.74, 6) is 1.06. The number of phenolic OH excluding ortho intramolecular Hbond substituents is 1. The maximum absolute atomic E-state index is 12.9. The fourth-order valence-corrected chi connectivity index (χ4v) is 3.02. The highest BCUT2D eigenvalue weighted by Crippen LogP contribution is 2.38. The van der Waals surface area contributed by atoms with Gasteiger partial charge in [-0.05, 0) is 54.8 Å². The van der Waals surface area contributed by atoms with Gasteiger partial charge in [0.15, 0.2) is 17.3 Å². The molecular weight excluding hydrogens is 320 g/mol. The molecule has 25 heavy (non-hydrogen) atoms. The Labute approximate surface area is 146 Å².